The Bertz CT molecular complexity index is 1090. The van der Waals surface area contributed by atoms with Crippen LogP contribution in [0.2, 0.25) is 5.02 Å². The summed E-state index contributed by atoms with van der Waals surface area (Å²) in [6, 6.07) is 11.0. The lowest BCUT2D eigenvalue weighted by atomic mass is 10.1. The second kappa shape index (κ2) is 9.02. The molecule has 0 spiro atoms. The minimum atomic E-state index is -0.0420. The van der Waals surface area contributed by atoms with E-state index in [1.54, 1.807) is 32.5 Å². The minimum Gasteiger partial charge on any atom is -0.497 e. The highest BCUT2D eigenvalue weighted by molar-refractivity contribution is 7.99. The number of fused-ring (bicyclic) bond motifs is 1. The zero-order chi connectivity index (χ0) is 21.1. The van der Waals surface area contributed by atoms with E-state index >= 15 is 0 Å². The van der Waals surface area contributed by atoms with Gasteiger partial charge in [0.15, 0.2) is 0 Å². The summed E-state index contributed by atoms with van der Waals surface area (Å²) in [5.74, 6) is 3.12. The Hall–Kier alpha value is -2.64. The molecule has 8 heteroatoms. The highest BCUT2D eigenvalue weighted by Gasteiger charge is 2.23. The number of amides is 1. The van der Waals surface area contributed by atoms with Gasteiger partial charge in [-0.1, -0.05) is 11.6 Å². The van der Waals surface area contributed by atoms with Crippen LogP contribution in [0.25, 0.3) is 10.9 Å². The highest BCUT2D eigenvalue weighted by atomic mass is 35.5. The van der Waals surface area contributed by atoms with Crippen molar-refractivity contribution < 1.29 is 14.3 Å². The van der Waals surface area contributed by atoms with Crippen LogP contribution >= 0.6 is 23.4 Å². The van der Waals surface area contributed by atoms with E-state index in [1.165, 1.54) is 0 Å². The van der Waals surface area contributed by atoms with Gasteiger partial charge < -0.3 is 19.7 Å². The van der Waals surface area contributed by atoms with Crippen molar-refractivity contribution in [3.8, 4) is 11.5 Å². The third-order valence-electron chi connectivity index (χ3n) is 5.03. The van der Waals surface area contributed by atoms with Crippen molar-refractivity contribution in [3.05, 3.63) is 53.2 Å². The summed E-state index contributed by atoms with van der Waals surface area (Å²) >= 11 is 8.14. The molecule has 156 valence electrons. The quantitative estimate of drug-likeness (QED) is 0.608. The predicted molar refractivity (Wildman–Crippen MR) is 123 cm³/mol. The number of benzene rings is 2. The van der Waals surface area contributed by atoms with E-state index in [0.29, 0.717) is 33.5 Å². The largest absolute Gasteiger partial charge is 0.497 e. The van der Waals surface area contributed by atoms with Gasteiger partial charge in [0.25, 0.3) is 5.91 Å². The van der Waals surface area contributed by atoms with Crippen molar-refractivity contribution in [1.82, 2.24) is 9.88 Å². The normalized spacial score (nSPS) is 13.9. The molecule has 30 heavy (non-hydrogen) atoms. The van der Waals surface area contributed by atoms with Gasteiger partial charge in [0.05, 0.1) is 36.7 Å². The van der Waals surface area contributed by atoms with Crippen LogP contribution in [0.15, 0.2) is 42.6 Å². The van der Waals surface area contributed by atoms with Crippen LogP contribution in [0.4, 0.5) is 11.4 Å². The Balaban J connectivity index is 1.83. The number of rotatable bonds is 5. The number of nitrogens with one attached hydrogen (secondary N) is 1. The lowest BCUT2D eigenvalue weighted by molar-refractivity contribution is 0.0773. The average molecular weight is 444 g/mol. The number of hydrogen-bond acceptors (Lipinski definition) is 6. The van der Waals surface area contributed by atoms with E-state index < -0.39 is 0 Å². The number of nitrogens with zero attached hydrogens (tertiary/aromatic N) is 2. The maximum atomic E-state index is 13.3. The van der Waals surface area contributed by atoms with Gasteiger partial charge in [0.1, 0.15) is 11.5 Å². The SMILES string of the molecule is COc1ccc(Nc2c(C(=O)N3CCSCC3)cnc3ccc(Cl)cc23)c(OC)c1. The number of methoxy groups -OCH3 is 2. The molecule has 1 amide bonds. The minimum absolute atomic E-state index is 0.0420. The van der Waals surface area contributed by atoms with Gasteiger partial charge in [-0.25, -0.2) is 0 Å². The Labute approximate surface area is 184 Å². The van der Waals surface area contributed by atoms with Crippen LogP contribution in [0, 0.1) is 0 Å². The Morgan fingerprint density at radius 1 is 1.13 bits per heavy atom. The highest BCUT2D eigenvalue weighted by Crippen LogP contribution is 2.36. The first-order valence-corrected chi connectivity index (χ1v) is 11.1. The summed E-state index contributed by atoms with van der Waals surface area (Å²) in [5.41, 5.74) is 2.64. The van der Waals surface area contributed by atoms with Crippen molar-refractivity contribution in [2.45, 2.75) is 0 Å². The molecule has 2 aromatic carbocycles. The molecule has 1 aromatic heterocycles. The van der Waals surface area contributed by atoms with Crippen molar-refractivity contribution in [2.75, 3.05) is 44.1 Å². The molecule has 6 nitrogen and oxygen atoms in total. The van der Waals surface area contributed by atoms with Crippen molar-refractivity contribution in [2.24, 2.45) is 0 Å². The molecule has 1 N–H and O–H groups in total. The average Bonchev–Trinajstić information content (AvgIpc) is 2.79. The molecule has 3 aromatic rings. The smallest absolute Gasteiger partial charge is 0.257 e. The van der Waals surface area contributed by atoms with E-state index in [-0.39, 0.29) is 5.91 Å². The van der Waals surface area contributed by atoms with Gasteiger partial charge in [-0.15, -0.1) is 0 Å². The number of pyridine rings is 1. The van der Waals surface area contributed by atoms with Gasteiger partial charge >= 0.3 is 0 Å². The fourth-order valence-corrected chi connectivity index (χ4v) is 4.51. The maximum Gasteiger partial charge on any atom is 0.257 e. The van der Waals surface area contributed by atoms with E-state index in [4.69, 9.17) is 21.1 Å². The molecule has 0 aliphatic carbocycles. The van der Waals surface area contributed by atoms with Gasteiger partial charge in [0.2, 0.25) is 0 Å². The van der Waals surface area contributed by atoms with Crippen LogP contribution in [0.5, 0.6) is 11.5 Å². The fourth-order valence-electron chi connectivity index (χ4n) is 3.43. The molecule has 0 atom stereocenters. The van der Waals surface area contributed by atoms with E-state index in [9.17, 15) is 4.79 Å². The zero-order valence-electron chi connectivity index (χ0n) is 16.8. The monoisotopic (exact) mass is 443 g/mol. The molecule has 0 saturated carbocycles. The fraction of sp³-hybridized carbons (Fsp3) is 0.273. The summed E-state index contributed by atoms with van der Waals surface area (Å²) in [6.07, 6.45) is 1.64. The van der Waals surface area contributed by atoms with Crippen molar-refractivity contribution in [1.29, 1.82) is 0 Å². The van der Waals surface area contributed by atoms with Gasteiger partial charge in [-0.05, 0) is 30.3 Å². The topological polar surface area (TPSA) is 63.7 Å². The first kappa shape index (κ1) is 20.6. The van der Waals surface area contributed by atoms with Crippen LogP contribution in [-0.2, 0) is 0 Å². The number of aromatic nitrogens is 1. The summed E-state index contributed by atoms with van der Waals surface area (Å²) < 4.78 is 10.8. The third-order valence-corrected chi connectivity index (χ3v) is 6.20. The number of thioether (sulfide) groups is 1. The maximum absolute atomic E-state index is 13.3. The Morgan fingerprint density at radius 3 is 2.67 bits per heavy atom. The molecular weight excluding hydrogens is 422 g/mol. The molecule has 0 bridgehead atoms. The number of carbonyl (C=O) groups is 1. The van der Waals surface area contributed by atoms with Gasteiger partial charge in [0, 0.05) is 47.3 Å². The number of halogens is 1. The number of carbonyl (C=O) groups excluding carboxylic acids is 1. The first-order chi connectivity index (χ1) is 14.6. The Morgan fingerprint density at radius 2 is 1.93 bits per heavy atom. The molecule has 1 aliphatic rings. The first-order valence-electron chi connectivity index (χ1n) is 9.55. The number of hydrogen-bond donors (Lipinski definition) is 1. The summed E-state index contributed by atoms with van der Waals surface area (Å²) in [4.78, 5) is 19.7. The molecule has 4 rings (SSSR count). The molecule has 2 heterocycles. The number of anilines is 2. The van der Waals surface area contributed by atoms with Crippen molar-refractivity contribution in [3.63, 3.8) is 0 Å². The molecular formula is C22H22ClN3O3S. The van der Waals surface area contributed by atoms with Gasteiger partial charge in [-0.2, -0.15) is 11.8 Å². The van der Waals surface area contributed by atoms with Crippen LogP contribution in [0.1, 0.15) is 10.4 Å². The summed E-state index contributed by atoms with van der Waals surface area (Å²) in [7, 11) is 3.20. The van der Waals surface area contributed by atoms with E-state index in [1.807, 2.05) is 40.9 Å². The standard InChI is InChI=1S/C22H22ClN3O3S/c1-28-15-4-6-19(20(12-15)29-2)25-21-16-11-14(23)3-5-18(16)24-13-17(21)22(27)26-7-9-30-10-8-26/h3-6,11-13H,7-10H2,1-2H3,(H,24,25). The molecule has 0 radical (unpaired) electrons. The lowest BCUT2D eigenvalue weighted by Gasteiger charge is -2.27. The second-order valence-corrected chi connectivity index (χ2v) is 8.47. The van der Waals surface area contributed by atoms with Crippen molar-refractivity contribution >= 4 is 51.5 Å². The predicted octanol–water partition coefficient (Wildman–Crippen LogP) is 4.84. The van der Waals surface area contributed by atoms with Gasteiger partial charge in [-0.3, -0.25) is 9.78 Å². The summed E-state index contributed by atoms with van der Waals surface area (Å²) in [6.45, 7) is 1.45. The molecule has 1 aliphatic heterocycles. The van der Waals surface area contributed by atoms with Crippen LogP contribution in [0.3, 0.4) is 0 Å². The molecule has 0 unspecified atom stereocenters. The van der Waals surface area contributed by atoms with Crippen LogP contribution < -0.4 is 14.8 Å². The molecule has 1 saturated heterocycles. The Kier molecular flexibility index (Phi) is 6.20. The van der Waals surface area contributed by atoms with E-state index in [2.05, 4.69) is 10.3 Å². The second-order valence-electron chi connectivity index (χ2n) is 6.80. The summed E-state index contributed by atoms with van der Waals surface area (Å²) in [5, 5.41) is 4.75. The number of ether oxygens (including phenoxy) is 2. The zero-order valence-corrected chi connectivity index (χ0v) is 18.3. The lowest BCUT2D eigenvalue weighted by Crippen LogP contribution is -2.38. The molecule has 1 fully saturated rings. The third kappa shape index (κ3) is 4.13. The van der Waals surface area contributed by atoms with Crippen LogP contribution in [-0.4, -0.2) is 54.6 Å². The van der Waals surface area contributed by atoms with E-state index in [0.717, 1.165) is 35.5 Å².